The summed E-state index contributed by atoms with van der Waals surface area (Å²) in [5.41, 5.74) is 0.752. The van der Waals surface area contributed by atoms with Crippen molar-refractivity contribution < 1.29 is 9.84 Å². The van der Waals surface area contributed by atoms with Crippen LogP contribution in [0.5, 0.6) is 0 Å². The average Bonchev–Trinajstić information content (AvgIpc) is 2.87. The first-order valence-electron chi connectivity index (χ1n) is 9.96. The van der Waals surface area contributed by atoms with Crippen molar-refractivity contribution in [3.63, 3.8) is 0 Å². The zero-order valence-corrected chi connectivity index (χ0v) is 15.4. The van der Waals surface area contributed by atoms with Gasteiger partial charge in [0.1, 0.15) is 0 Å². The number of ether oxygens (including phenoxy) is 1. The topological polar surface area (TPSA) is 41.5 Å². The van der Waals surface area contributed by atoms with Gasteiger partial charge >= 0.3 is 0 Å². The number of aliphatic hydroxyl groups excluding tert-OH is 1. The minimum absolute atomic E-state index is 0.267. The molecule has 3 saturated carbocycles. The predicted molar refractivity (Wildman–Crippen MR) is 94.5 cm³/mol. The van der Waals surface area contributed by atoms with Gasteiger partial charge in [0.2, 0.25) is 0 Å². The van der Waals surface area contributed by atoms with Crippen LogP contribution in [0.1, 0.15) is 78.6 Å². The molecule has 2 bridgehead atoms. The van der Waals surface area contributed by atoms with E-state index < -0.39 is 0 Å². The number of aliphatic hydroxyl groups is 1. The molecule has 3 fully saturated rings. The molecule has 0 aliphatic heterocycles. The lowest BCUT2D eigenvalue weighted by atomic mass is 9.70. The van der Waals surface area contributed by atoms with Crippen LogP contribution in [0.15, 0.2) is 0 Å². The van der Waals surface area contributed by atoms with Crippen molar-refractivity contribution in [3.8, 4) is 0 Å². The van der Waals surface area contributed by atoms with E-state index in [1.807, 2.05) is 0 Å². The summed E-state index contributed by atoms with van der Waals surface area (Å²) in [4.78, 5) is 0. The van der Waals surface area contributed by atoms with Crippen molar-refractivity contribution in [1.82, 2.24) is 5.32 Å². The second kappa shape index (κ2) is 7.01. The first kappa shape index (κ1) is 17.7. The van der Waals surface area contributed by atoms with Crippen molar-refractivity contribution in [2.45, 2.75) is 96.8 Å². The van der Waals surface area contributed by atoms with Gasteiger partial charge in [0.15, 0.2) is 0 Å². The van der Waals surface area contributed by atoms with Crippen molar-refractivity contribution >= 4 is 0 Å². The zero-order valence-electron chi connectivity index (χ0n) is 15.4. The lowest BCUT2D eigenvalue weighted by Gasteiger charge is -2.39. The monoisotopic (exact) mass is 323 g/mol. The lowest BCUT2D eigenvalue weighted by Crippen LogP contribution is -2.39. The highest BCUT2D eigenvalue weighted by molar-refractivity contribution is 5.11. The fourth-order valence-electron chi connectivity index (χ4n) is 5.44. The summed E-state index contributed by atoms with van der Waals surface area (Å²) in [5.74, 6) is 0.829. The minimum Gasteiger partial charge on any atom is -0.392 e. The molecule has 3 heteroatoms. The van der Waals surface area contributed by atoms with E-state index in [4.69, 9.17) is 4.74 Å². The van der Waals surface area contributed by atoms with Gasteiger partial charge in [-0.25, -0.2) is 0 Å². The van der Waals surface area contributed by atoms with Gasteiger partial charge in [-0.2, -0.15) is 0 Å². The van der Waals surface area contributed by atoms with E-state index in [9.17, 15) is 5.11 Å². The molecule has 0 aromatic carbocycles. The fourth-order valence-corrected chi connectivity index (χ4v) is 5.44. The van der Waals surface area contributed by atoms with Gasteiger partial charge < -0.3 is 15.2 Å². The van der Waals surface area contributed by atoms with Crippen molar-refractivity contribution in [2.75, 3.05) is 13.2 Å². The van der Waals surface area contributed by atoms with Gasteiger partial charge in [-0.3, -0.25) is 0 Å². The molecule has 134 valence electrons. The number of rotatable bonds is 7. The van der Waals surface area contributed by atoms with Crippen molar-refractivity contribution in [1.29, 1.82) is 0 Å². The van der Waals surface area contributed by atoms with Crippen LogP contribution in [0.4, 0.5) is 0 Å². The molecular weight excluding hydrogens is 286 g/mol. The zero-order chi connectivity index (χ0) is 16.5. The molecule has 23 heavy (non-hydrogen) atoms. The first-order chi connectivity index (χ1) is 10.9. The third-order valence-corrected chi connectivity index (χ3v) is 7.73. The molecule has 4 atom stereocenters. The Kier molecular flexibility index (Phi) is 5.40. The Bertz CT molecular complexity index is 391. The summed E-state index contributed by atoms with van der Waals surface area (Å²) in [6.07, 6.45) is 11.4. The van der Waals surface area contributed by atoms with E-state index in [1.54, 1.807) is 0 Å². The van der Waals surface area contributed by atoms with Gasteiger partial charge in [-0.15, -0.1) is 0 Å². The quantitative estimate of drug-likeness (QED) is 0.747. The second-order valence-corrected chi connectivity index (χ2v) is 9.16. The van der Waals surface area contributed by atoms with Gasteiger partial charge in [-0.1, -0.05) is 40.0 Å². The molecule has 0 radical (unpaired) electrons. The summed E-state index contributed by atoms with van der Waals surface area (Å²) in [7, 11) is 0. The van der Waals surface area contributed by atoms with Crippen molar-refractivity contribution in [3.05, 3.63) is 0 Å². The Hall–Kier alpha value is -0.120. The molecule has 3 aliphatic rings. The summed E-state index contributed by atoms with van der Waals surface area (Å²) in [6, 6.07) is 0.629. The number of hydrogen-bond acceptors (Lipinski definition) is 3. The molecule has 2 N–H and O–H groups in total. The van der Waals surface area contributed by atoms with Crippen LogP contribution in [-0.2, 0) is 4.74 Å². The molecule has 3 nitrogen and oxygen atoms in total. The Morgan fingerprint density at radius 1 is 1.13 bits per heavy atom. The molecule has 3 rings (SSSR count). The highest BCUT2D eigenvalue weighted by Gasteiger charge is 2.61. The standard InChI is InChI=1S/C20H37NO2/c1-19(2)15-9-11-20(19,3)18(13-15)23-12-10-17(22)14-21-16-7-5-4-6-8-16/h15-18,21-22H,4-14H2,1-3H3/t15-,17-,18+,20-/m0/s1. The van der Waals surface area contributed by atoms with Gasteiger partial charge in [-0.05, 0) is 55.3 Å². The first-order valence-corrected chi connectivity index (χ1v) is 9.96. The van der Waals surface area contributed by atoms with E-state index in [-0.39, 0.29) is 6.10 Å². The smallest absolute Gasteiger partial charge is 0.0686 e. The summed E-state index contributed by atoms with van der Waals surface area (Å²) in [5, 5.41) is 13.8. The van der Waals surface area contributed by atoms with Crippen LogP contribution in [0.2, 0.25) is 0 Å². The molecule has 0 amide bonds. The Balaban J connectivity index is 1.35. The molecule has 3 aliphatic carbocycles. The van der Waals surface area contributed by atoms with E-state index in [1.165, 1.54) is 51.4 Å². The third-order valence-electron chi connectivity index (χ3n) is 7.73. The summed E-state index contributed by atoms with van der Waals surface area (Å²) < 4.78 is 6.25. The summed E-state index contributed by atoms with van der Waals surface area (Å²) >= 11 is 0. The Morgan fingerprint density at radius 2 is 1.87 bits per heavy atom. The van der Waals surface area contributed by atoms with Crippen LogP contribution in [0.3, 0.4) is 0 Å². The number of fused-ring (bicyclic) bond motifs is 2. The van der Waals surface area contributed by atoms with E-state index in [0.717, 1.165) is 18.9 Å². The van der Waals surface area contributed by atoms with Crippen LogP contribution in [-0.4, -0.2) is 36.5 Å². The fraction of sp³-hybridized carbons (Fsp3) is 1.00. The molecule has 0 unspecified atom stereocenters. The number of hydrogen-bond donors (Lipinski definition) is 2. The van der Waals surface area contributed by atoms with Crippen LogP contribution >= 0.6 is 0 Å². The molecule has 0 saturated heterocycles. The predicted octanol–water partition coefficient (Wildman–Crippen LogP) is 3.89. The van der Waals surface area contributed by atoms with Crippen LogP contribution in [0, 0.1) is 16.7 Å². The van der Waals surface area contributed by atoms with Gasteiger partial charge in [0.05, 0.1) is 12.2 Å². The average molecular weight is 324 g/mol. The highest BCUT2D eigenvalue weighted by Crippen LogP contribution is 2.66. The SMILES string of the molecule is CC1(C)[C@H]2CC[C@@]1(C)[C@H](OCC[C@H](O)CNC1CCCCC1)C2. The maximum absolute atomic E-state index is 10.2. The van der Waals surface area contributed by atoms with E-state index >= 15 is 0 Å². The van der Waals surface area contributed by atoms with E-state index in [0.29, 0.717) is 29.6 Å². The largest absolute Gasteiger partial charge is 0.392 e. The molecule has 0 aromatic rings. The van der Waals surface area contributed by atoms with Gasteiger partial charge in [0, 0.05) is 19.2 Å². The maximum Gasteiger partial charge on any atom is 0.0686 e. The Labute approximate surface area is 142 Å². The molecule has 0 spiro atoms. The maximum atomic E-state index is 10.2. The minimum atomic E-state index is -0.267. The third kappa shape index (κ3) is 3.48. The van der Waals surface area contributed by atoms with Gasteiger partial charge in [0.25, 0.3) is 0 Å². The second-order valence-electron chi connectivity index (χ2n) is 9.16. The normalized spacial score (nSPS) is 38.1. The lowest BCUT2D eigenvalue weighted by molar-refractivity contribution is -0.0547. The molecular formula is C20H37NO2. The summed E-state index contributed by atoms with van der Waals surface area (Å²) in [6.45, 7) is 8.71. The van der Waals surface area contributed by atoms with Crippen molar-refractivity contribution in [2.24, 2.45) is 16.7 Å². The Morgan fingerprint density at radius 3 is 2.48 bits per heavy atom. The number of nitrogens with one attached hydrogen (secondary N) is 1. The highest BCUT2D eigenvalue weighted by atomic mass is 16.5. The van der Waals surface area contributed by atoms with Crippen LogP contribution in [0.25, 0.3) is 0 Å². The van der Waals surface area contributed by atoms with Crippen LogP contribution < -0.4 is 5.32 Å². The van der Waals surface area contributed by atoms with E-state index in [2.05, 4.69) is 26.1 Å². The molecule has 0 aromatic heterocycles. The molecule has 0 heterocycles.